The highest BCUT2D eigenvalue weighted by molar-refractivity contribution is 5.91. The van der Waals surface area contributed by atoms with Gasteiger partial charge in [-0.2, -0.15) is 10.1 Å². The van der Waals surface area contributed by atoms with Crippen molar-refractivity contribution >= 4 is 34.4 Å². The van der Waals surface area contributed by atoms with E-state index in [1.165, 1.54) is 5.56 Å². The number of nitrogen functional groups attached to an aromatic ring is 2. The van der Waals surface area contributed by atoms with Crippen LogP contribution >= 0.6 is 0 Å². The Kier molecular flexibility index (Phi) is 5.98. The predicted octanol–water partition coefficient (Wildman–Crippen LogP) is 3.41. The second kappa shape index (κ2) is 9.25. The van der Waals surface area contributed by atoms with Gasteiger partial charge in [0.15, 0.2) is 5.82 Å². The molecule has 0 radical (unpaired) electrons. The standard InChI is InChI=1S/C26H30N8O/c1-15-3-6-17(7-4-15)13-29-25(35)19-8-5-16(2)34(14-19)23-12-21(30-26(28)31-23)18-9-10-20-22(11-18)32-33-24(20)27/h3-4,6-7,9-12,16,19H,5,8,13-14H2,1-2H3,(H,29,35)(H3,27,32,33)(H2,28,30,31). The predicted molar refractivity (Wildman–Crippen MR) is 139 cm³/mol. The van der Waals surface area contributed by atoms with E-state index in [0.717, 1.165) is 40.7 Å². The zero-order valence-corrected chi connectivity index (χ0v) is 20.0. The summed E-state index contributed by atoms with van der Waals surface area (Å²) in [5.41, 5.74) is 16.7. The van der Waals surface area contributed by atoms with E-state index in [1.807, 2.05) is 36.4 Å². The number of nitrogens with zero attached hydrogens (tertiary/aromatic N) is 4. The molecule has 0 saturated carbocycles. The fourth-order valence-corrected chi connectivity index (χ4v) is 4.63. The fourth-order valence-electron chi connectivity index (χ4n) is 4.63. The summed E-state index contributed by atoms with van der Waals surface area (Å²) in [6.07, 6.45) is 1.73. The third-order valence-electron chi connectivity index (χ3n) is 6.75. The molecule has 0 spiro atoms. The highest BCUT2D eigenvalue weighted by atomic mass is 16.1. The average molecular weight is 471 g/mol. The third kappa shape index (κ3) is 4.75. The summed E-state index contributed by atoms with van der Waals surface area (Å²) < 4.78 is 0. The Morgan fingerprint density at radius 3 is 2.71 bits per heavy atom. The van der Waals surface area contributed by atoms with Crippen molar-refractivity contribution in [2.24, 2.45) is 5.92 Å². The molecule has 9 heteroatoms. The van der Waals surface area contributed by atoms with E-state index in [1.54, 1.807) is 0 Å². The van der Waals surface area contributed by atoms with Crippen molar-refractivity contribution in [1.82, 2.24) is 25.5 Å². The van der Waals surface area contributed by atoms with Gasteiger partial charge in [-0.15, -0.1) is 0 Å². The highest BCUT2D eigenvalue weighted by Gasteiger charge is 2.31. The first kappa shape index (κ1) is 22.6. The first-order valence-electron chi connectivity index (χ1n) is 11.9. The van der Waals surface area contributed by atoms with Crippen LogP contribution in [0.1, 0.15) is 30.9 Å². The Morgan fingerprint density at radius 1 is 1.11 bits per heavy atom. The molecular weight excluding hydrogens is 440 g/mol. The van der Waals surface area contributed by atoms with Crippen molar-refractivity contribution < 1.29 is 4.79 Å². The second-order valence-corrected chi connectivity index (χ2v) is 9.32. The van der Waals surface area contributed by atoms with Crippen LogP contribution in [0.25, 0.3) is 22.2 Å². The zero-order chi connectivity index (χ0) is 24.5. The number of fused-ring (bicyclic) bond motifs is 1. The van der Waals surface area contributed by atoms with Crippen LogP contribution in [0, 0.1) is 12.8 Å². The maximum atomic E-state index is 13.0. The van der Waals surface area contributed by atoms with Crippen molar-refractivity contribution in [1.29, 1.82) is 0 Å². The number of aromatic amines is 1. The molecule has 1 amide bonds. The molecule has 2 unspecified atom stereocenters. The fraction of sp³-hybridized carbons (Fsp3) is 0.308. The zero-order valence-electron chi connectivity index (χ0n) is 20.0. The Bertz CT molecular complexity index is 1360. The van der Waals surface area contributed by atoms with E-state index in [2.05, 4.69) is 56.4 Å². The number of hydrogen-bond donors (Lipinski definition) is 4. The topological polar surface area (TPSA) is 139 Å². The van der Waals surface area contributed by atoms with Crippen LogP contribution in [0.3, 0.4) is 0 Å². The summed E-state index contributed by atoms with van der Waals surface area (Å²) in [5.74, 6) is 1.32. The van der Waals surface area contributed by atoms with Gasteiger partial charge in [0.05, 0.1) is 17.1 Å². The molecule has 2 atom stereocenters. The number of aryl methyl sites for hydroxylation is 1. The number of carbonyl (C=O) groups excluding carboxylic acids is 1. The van der Waals surface area contributed by atoms with Crippen molar-refractivity contribution in [2.75, 3.05) is 22.9 Å². The molecular formula is C26H30N8O. The largest absolute Gasteiger partial charge is 0.382 e. The maximum absolute atomic E-state index is 13.0. The van der Waals surface area contributed by atoms with Gasteiger partial charge in [-0.05, 0) is 44.4 Å². The molecule has 5 rings (SSSR count). The first-order chi connectivity index (χ1) is 16.9. The minimum absolute atomic E-state index is 0.0620. The van der Waals surface area contributed by atoms with E-state index < -0.39 is 0 Å². The molecule has 35 heavy (non-hydrogen) atoms. The molecule has 2 aromatic carbocycles. The van der Waals surface area contributed by atoms with Gasteiger partial charge in [0.25, 0.3) is 0 Å². The number of benzene rings is 2. The van der Waals surface area contributed by atoms with Crippen molar-refractivity contribution in [3.05, 3.63) is 59.7 Å². The number of piperidine rings is 1. The highest BCUT2D eigenvalue weighted by Crippen LogP contribution is 2.31. The Morgan fingerprint density at radius 2 is 1.91 bits per heavy atom. The molecule has 4 aromatic rings. The van der Waals surface area contributed by atoms with Gasteiger partial charge in [-0.3, -0.25) is 9.89 Å². The smallest absolute Gasteiger partial charge is 0.225 e. The monoisotopic (exact) mass is 470 g/mol. The van der Waals surface area contributed by atoms with Crippen LogP contribution in [-0.2, 0) is 11.3 Å². The van der Waals surface area contributed by atoms with E-state index in [0.29, 0.717) is 24.6 Å². The second-order valence-electron chi connectivity index (χ2n) is 9.32. The number of hydrogen-bond acceptors (Lipinski definition) is 7. The summed E-state index contributed by atoms with van der Waals surface area (Å²) in [7, 11) is 0. The average Bonchev–Trinajstić information content (AvgIpc) is 3.23. The lowest BCUT2D eigenvalue weighted by Gasteiger charge is -2.38. The summed E-state index contributed by atoms with van der Waals surface area (Å²) in [4.78, 5) is 24.1. The molecule has 1 saturated heterocycles. The minimum Gasteiger partial charge on any atom is -0.382 e. The van der Waals surface area contributed by atoms with Crippen LogP contribution in [0.15, 0.2) is 48.5 Å². The van der Waals surface area contributed by atoms with Crippen molar-refractivity contribution in [3.8, 4) is 11.3 Å². The summed E-state index contributed by atoms with van der Waals surface area (Å²) in [6.45, 7) is 5.30. The van der Waals surface area contributed by atoms with E-state index in [9.17, 15) is 4.79 Å². The number of carbonyl (C=O) groups is 1. The summed E-state index contributed by atoms with van der Waals surface area (Å²) in [6, 6.07) is 16.2. The van der Waals surface area contributed by atoms with Crippen LogP contribution < -0.4 is 21.7 Å². The van der Waals surface area contributed by atoms with Crippen molar-refractivity contribution in [2.45, 2.75) is 39.3 Å². The maximum Gasteiger partial charge on any atom is 0.225 e. The lowest BCUT2D eigenvalue weighted by molar-refractivity contribution is -0.125. The van der Waals surface area contributed by atoms with Gasteiger partial charge in [0.2, 0.25) is 11.9 Å². The van der Waals surface area contributed by atoms with Gasteiger partial charge in [-0.1, -0.05) is 35.9 Å². The van der Waals surface area contributed by atoms with Crippen LogP contribution in [0.5, 0.6) is 0 Å². The number of H-pyrrole nitrogens is 1. The number of nitrogens with two attached hydrogens (primary N) is 2. The Balaban J connectivity index is 1.34. The first-order valence-corrected chi connectivity index (χ1v) is 11.9. The number of nitrogens with one attached hydrogen (secondary N) is 2. The summed E-state index contributed by atoms with van der Waals surface area (Å²) >= 11 is 0. The third-order valence-corrected chi connectivity index (χ3v) is 6.75. The summed E-state index contributed by atoms with van der Waals surface area (Å²) in [5, 5.41) is 11.0. The molecule has 0 aliphatic carbocycles. The quantitative estimate of drug-likeness (QED) is 0.350. The van der Waals surface area contributed by atoms with Crippen LogP contribution in [0.2, 0.25) is 0 Å². The Hall–Kier alpha value is -4.14. The van der Waals surface area contributed by atoms with Gasteiger partial charge in [0, 0.05) is 36.1 Å². The molecule has 1 fully saturated rings. The Labute approximate surface area is 203 Å². The number of anilines is 3. The molecule has 3 heterocycles. The van der Waals surface area contributed by atoms with Gasteiger partial charge >= 0.3 is 0 Å². The molecule has 6 N–H and O–H groups in total. The molecule has 1 aliphatic heterocycles. The molecule has 0 bridgehead atoms. The lowest BCUT2D eigenvalue weighted by atomic mass is 9.92. The van der Waals surface area contributed by atoms with Crippen LogP contribution in [-0.4, -0.2) is 38.7 Å². The number of rotatable bonds is 5. The molecule has 180 valence electrons. The van der Waals surface area contributed by atoms with Gasteiger partial charge in [0.1, 0.15) is 5.82 Å². The molecule has 2 aromatic heterocycles. The minimum atomic E-state index is -0.124. The van der Waals surface area contributed by atoms with Gasteiger partial charge < -0.3 is 21.7 Å². The van der Waals surface area contributed by atoms with Crippen molar-refractivity contribution in [3.63, 3.8) is 0 Å². The SMILES string of the molecule is Cc1ccc(CNC(=O)C2CCC(C)N(c3cc(-c4ccc5c(N)n[nH]c5c4)nc(N)n3)C2)cc1. The van der Waals surface area contributed by atoms with Crippen LogP contribution in [0.4, 0.5) is 17.6 Å². The van der Waals surface area contributed by atoms with E-state index in [4.69, 9.17) is 11.5 Å². The van der Waals surface area contributed by atoms with E-state index >= 15 is 0 Å². The molecule has 1 aliphatic rings. The molecule has 9 nitrogen and oxygen atoms in total. The van der Waals surface area contributed by atoms with Gasteiger partial charge in [-0.25, -0.2) is 4.98 Å². The number of amides is 1. The lowest BCUT2D eigenvalue weighted by Crippen LogP contribution is -2.47. The number of aromatic nitrogens is 4. The van der Waals surface area contributed by atoms with E-state index in [-0.39, 0.29) is 23.8 Å². The normalized spacial score (nSPS) is 18.1.